The minimum Gasteiger partial charge on any atom is -0.477 e. The molecule has 0 aromatic carbocycles. The molecule has 3 rings (SSSR count). The fourth-order valence-corrected chi connectivity index (χ4v) is 5.19. The Morgan fingerprint density at radius 1 is 1.26 bits per heavy atom. The number of hydrogen-bond acceptors (Lipinski definition) is 5. The maximum atomic E-state index is 13.4. The first kappa shape index (κ1) is 25.8. The second-order valence-electron chi connectivity index (χ2n) is 10.8. The van der Waals surface area contributed by atoms with Gasteiger partial charge in [-0.3, -0.25) is 14.4 Å². The van der Waals surface area contributed by atoms with Crippen LogP contribution in [-0.2, 0) is 9.59 Å². The summed E-state index contributed by atoms with van der Waals surface area (Å²) in [4.78, 5) is 36.6. The van der Waals surface area contributed by atoms with Gasteiger partial charge in [0.05, 0.1) is 18.3 Å². The van der Waals surface area contributed by atoms with Crippen molar-refractivity contribution in [1.29, 1.82) is 0 Å². The second kappa shape index (κ2) is 10.6. The van der Waals surface area contributed by atoms with E-state index in [0.717, 1.165) is 32.1 Å². The van der Waals surface area contributed by atoms with Crippen LogP contribution in [0, 0.1) is 23.7 Å². The Morgan fingerprint density at radius 3 is 2.47 bits per heavy atom. The molecule has 2 bridgehead atoms. The lowest BCUT2D eigenvalue weighted by atomic mass is 9.64. The first-order chi connectivity index (χ1) is 16.0. The average molecular weight is 474 g/mol. The van der Waals surface area contributed by atoms with Crippen LogP contribution in [0.25, 0.3) is 6.20 Å². The number of primary amides is 1. The molecule has 1 aromatic heterocycles. The van der Waals surface area contributed by atoms with Crippen molar-refractivity contribution in [2.75, 3.05) is 6.61 Å². The monoisotopic (exact) mass is 473 g/mol. The molecule has 3 amide bonds. The maximum absolute atomic E-state index is 13.4. The Labute approximate surface area is 201 Å². The lowest BCUT2D eigenvalue weighted by Gasteiger charge is -2.45. The minimum absolute atomic E-state index is 0.0207. The first-order valence-electron chi connectivity index (χ1n) is 12.3. The Hall–Kier alpha value is -2.84. The lowest BCUT2D eigenvalue weighted by Crippen LogP contribution is -2.52. The van der Waals surface area contributed by atoms with Gasteiger partial charge in [0.1, 0.15) is 5.56 Å². The number of carbonyl (C=O) groups excluding carboxylic acids is 3. The average Bonchev–Trinajstić information content (AvgIpc) is 3.12. The Kier molecular flexibility index (Phi) is 8.05. The molecule has 4 N–H and O–H groups in total. The first-order valence-corrected chi connectivity index (χ1v) is 12.3. The number of rotatable bonds is 9. The SMILES string of the molecule is CC(=O)NC(C)(C)C=Cn1ncc(C(=O)NC2C3CCCC2CC(C(N)=O)C3)c1OCC(C)C. The molecule has 0 radical (unpaired) electrons. The molecule has 1 aromatic rings. The zero-order valence-electron chi connectivity index (χ0n) is 21.0. The van der Waals surface area contributed by atoms with Gasteiger partial charge in [0.15, 0.2) is 0 Å². The van der Waals surface area contributed by atoms with Gasteiger partial charge in [-0.1, -0.05) is 20.3 Å². The van der Waals surface area contributed by atoms with Gasteiger partial charge in [-0.15, -0.1) is 0 Å². The van der Waals surface area contributed by atoms with E-state index in [1.165, 1.54) is 17.8 Å². The highest BCUT2D eigenvalue weighted by Crippen LogP contribution is 2.43. The van der Waals surface area contributed by atoms with Gasteiger partial charge in [0.25, 0.3) is 5.91 Å². The highest BCUT2D eigenvalue weighted by atomic mass is 16.5. The zero-order chi connectivity index (χ0) is 25.0. The molecule has 2 saturated carbocycles. The molecule has 9 heteroatoms. The number of ether oxygens (including phenoxy) is 1. The normalized spacial score (nSPS) is 24.8. The number of carbonyl (C=O) groups is 3. The van der Waals surface area contributed by atoms with E-state index >= 15 is 0 Å². The van der Waals surface area contributed by atoms with Crippen molar-refractivity contribution in [3.8, 4) is 5.88 Å². The van der Waals surface area contributed by atoms with Crippen molar-refractivity contribution in [2.45, 2.75) is 78.3 Å². The Morgan fingerprint density at radius 2 is 1.91 bits per heavy atom. The molecule has 2 atom stereocenters. The van der Waals surface area contributed by atoms with Crippen LogP contribution in [0.15, 0.2) is 12.3 Å². The molecular formula is C25H39N5O4. The maximum Gasteiger partial charge on any atom is 0.258 e. The van der Waals surface area contributed by atoms with E-state index in [1.54, 1.807) is 12.3 Å². The summed E-state index contributed by atoms with van der Waals surface area (Å²) < 4.78 is 7.54. The number of nitrogens with two attached hydrogens (primary N) is 1. The third kappa shape index (κ3) is 6.39. The van der Waals surface area contributed by atoms with Gasteiger partial charge in [0, 0.05) is 25.1 Å². The van der Waals surface area contributed by atoms with Gasteiger partial charge in [-0.25, -0.2) is 4.68 Å². The van der Waals surface area contributed by atoms with Gasteiger partial charge in [-0.05, 0) is 63.4 Å². The minimum atomic E-state index is -0.591. The number of aromatic nitrogens is 2. The number of nitrogens with one attached hydrogen (secondary N) is 2. The highest BCUT2D eigenvalue weighted by Gasteiger charge is 2.43. The third-order valence-corrected chi connectivity index (χ3v) is 6.72. The topological polar surface area (TPSA) is 128 Å². The largest absolute Gasteiger partial charge is 0.477 e. The Bertz CT molecular complexity index is 922. The predicted octanol–water partition coefficient (Wildman–Crippen LogP) is 2.71. The van der Waals surface area contributed by atoms with Crippen LogP contribution in [0.5, 0.6) is 5.88 Å². The van der Waals surface area contributed by atoms with Crippen LogP contribution in [0.2, 0.25) is 0 Å². The van der Waals surface area contributed by atoms with Crippen molar-refractivity contribution < 1.29 is 19.1 Å². The third-order valence-electron chi connectivity index (χ3n) is 6.72. The van der Waals surface area contributed by atoms with E-state index in [0.29, 0.717) is 18.1 Å². The van der Waals surface area contributed by atoms with E-state index in [1.807, 2.05) is 27.7 Å². The van der Waals surface area contributed by atoms with Gasteiger partial charge >= 0.3 is 0 Å². The molecule has 9 nitrogen and oxygen atoms in total. The smallest absolute Gasteiger partial charge is 0.258 e. The number of hydrogen-bond donors (Lipinski definition) is 3. The summed E-state index contributed by atoms with van der Waals surface area (Å²) in [5, 5.41) is 10.5. The zero-order valence-corrected chi connectivity index (χ0v) is 21.0. The second-order valence-corrected chi connectivity index (χ2v) is 10.8. The summed E-state index contributed by atoms with van der Waals surface area (Å²) >= 11 is 0. The van der Waals surface area contributed by atoms with Crippen molar-refractivity contribution in [1.82, 2.24) is 20.4 Å². The molecule has 1 heterocycles. The number of amides is 3. The van der Waals surface area contributed by atoms with Crippen molar-refractivity contribution in [3.05, 3.63) is 17.8 Å². The van der Waals surface area contributed by atoms with Crippen molar-refractivity contribution >= 4 is 23.9 Å². The van der Waals surface area contributed by atoms with E-state index in [9.17, 15) is 14.4 Å². The Balaban J connectivity index is 1.80. The molecule has 2 aliphatic rings. The molecule has 2 fully saturated rings. The summed E-state index contributed by atoms with van der Waals surface area (Å²) in [6, 6.07) is 0.0207. The van der Waals surface area contributed by atoms with Crippen LogP contribution in [0.4, 0.5) is 0 Å². The van der Waals surface area contributed by atoms with E-state index in [-0.39, 0.29) is 47.4 Å². The summed E-state index contributed by atoms with van der Waals surface area (Å²) in [5.41, 5.74) is 5.37. The molecule has 0 saturated heterocycles. The van der Waals surface area contributed by atoms with Crippen LogP contribution in [0.3, 0.4) is 0 Å². The standard InChI is InChI=1S/C25H39N5O4/c1-15(2)14-34-24-20(13-27-30(24)10-9-25(4,5)29-16(3)31)23(33)28-21-17-7-6-8-18(21)12-19(11-17)22(26)32/h9-10,13,15,17-19,21H,6-8,11-12,14H2,1-5H3,(H2,26,32)(H,28,33)(H,29,31). The lowest BCUT2D eigenvalue weighted by molar-refractivity contribution is -0.124. The van der Waals surface area contributed by atoms with E-state index in [2.05, 4.69) is 15.7 Å². The van der Waals surface area contributed by atoms with Crippen LogP contribution >= 0.6 is 0 Å². The molecule has 0 spiro atoms. The van der Waals surface area contributed by atoms with Gasteiger partial charge in [-0.2, -0.15) is 5.10 Å². The van der Waals surface area contributed by atoms with Gasteiger partial charge < -0.3 is 21.1 Å². The molecule has 0 aliphatic heterocycles. The van der Waals surface area contributed by atoms with E-state index < -0.39 is 5.54 Å². The quantitative estimate of drug-likeness (QED) is 0.508. The van der Waals surface area contributed by atoms with Crippen LogP contribution < -0.4 is 21.1 Å². The summed E-state index contributed by atoms with van der Waals surface area (Å²) in [5.74, 6) is 0.445. The van der Waals surface area contributed by atoms with Gasteiger partial charge in [0.2, 0.25) is 17.7 Å². The fraction of sp³-hybridized carbons (Fsp3) is 0.680. The fourth-order valence-electron chi connectivity index (χ4n) is 5.19. The molecular weight excluding hydrogens is 434 g/mol. The molecule has 2 unspecified atom stereocenters. The summed E-state index contributed by atoms with van der Waals surface area (Å²) in [7, 11) is 0. The van der Waals surface area contributed by atoms with Crippen LogP contribution in [-0.4, -0.2) is 45.7 Å². The summed E-state index contributed by atoms with van der Waals surface area (Å²) in [6.45, 7) is 9.72. The highest BCUT2D eigenvalue weighted by molar-refractivity contribution is 5.96. The van der Waals surface area contributed by atoms with Crippen LogP contribution in [0.1, 0.15) is 77.1 Å². The predicted molar refractivity (Wildman–Crippen MR) is 130 cm³/mol. The van der Waals surface area contributed by atoms with E-state index in [4.69, 9.17) is 10.5 Å². The van der Waals surface area contributed by atoms with Crippen molar-refractivity contribution in [3.63, 3.8) is 0 Å². The number of nitrogens with zero attached hydrogens (tertiary/aromatic N) is 2. The van der Waals surface area contributed by atoms with Crippen molar-refractivity contribution in [2.24, 2.45) is 29.4 Å². The molecule has 188 valence electrons. The summed E-state index contributed by atoms with van der Waals surface area (Å²) in [6.07, 6.45) is 9.58. The molecule has 2 aliphatic carbocycles. The number of fused-ring (bicyclic) bond motifs is 2. The molecule has 34 heavy (non-hydrogen) atoms.